The molecule has 0 saturated carbocycles. The van der Waals surface area contributed by atoms with Crippen LogP contribution < -0.4 is 5.32 Å². The molecule has 0 aliphatic carbocycles. The average molecular weight is 333 g/mol. The summed E-state index contributed by atoms with van der Waals surface area (Å²) in [7, 11) is -3.32. The fourth-order valence-electron chi connectivity index (χ4n) is 2.38. The normalized spacial score (nSPS) is 13.0. The number of rotatable bonds is 6. The Labute approximate surface area is 138 Å². The van der Waals surface area contributed by atoms with E-state index >= 15 is 0 Å². The topological polar surface area (TPSA) is 66.4 Å². The van der Waals surface area contributed by atoms with Crippen molar-refractivity contribution in [3.8, 4) is 5.75 Å². The van der Waals surface area contributed by atoms with Crippen LogP contribution in [0.1, 0.15) is 23.6 Å². The van der Waals surface area contributed by atoms with Crippen LogP contribution in [-0.4, -0.2) is 25.3 Å². The summed E-state index contributed by atoms with van der Waals surface area (Å²) >= 11 is 0. The second kappa shape index (κ2) is 7.15. The third-order valence-electron chi connectivity index (χ3n) is 3.81. The van der Waals surface area contributed by atoms with Crippen molar-refractivity contribution in [2.75, 3.05) is 5.75 Å². The largest absolute Gasteiger partial charge is 0.507 e. The van der Waals surface area contributed by atoms with Crippen molar-refractivity contribution in [2.24, 2.45) is 0 Å². The summed E-state index contributed by atoms with van der Waals surface area (Å²) in [5, 5.41) is 13.2. The summed E-state index contributed by atoms with van der Waals surface area (Å²) in [6, 6.07) is 12.2. The lowest BCUT2D eigenvalue weighted by molar-refractivity contribution is 0.457. The molecule has 0 aromatic heterocycles. The zero-order valence-corrected chi connectivity index (χ0v) is 14.5. The third kappa shape index (κ3) is 4.56. The maximum Gasteiger partial charge on any atom is 0.179 e. The minimum atomic E-state index is -3.32. The Morgan fingerprint density at radius 1 is 1.09 bits per heavy atom. The molecule has 0 saturated heterocycles. The van der Waals surface area contributed by atoms with Gasteiger partial charge in [0.05, 0.1) is 10.6 Å². The van der Waals surface area contributed by atoms with Gasteiger partial charge < -0.3 is 10.4 Å². The molecule has 1 atom stereocenters. The highest BCUT2D eigenvalue weighted by Gasteiger charge is 2.18. The Balaban J connectivity index is 2.00. The first kappa shape index (κ1) is 17.5. The van der Waals surface area contributed by atoms with Crippen molar-refractivity contribution in [2.45, 2.75) is 38.3 Å². The Bertz CT molecular complexity index is 767. The Hall–Kier alpha value is -1.85. The monoisotopic (exact) mass is 333 g/mol. The molecule has 0 bridgehead atoms. The van der Waals surface area contributed by atoms with Crippen LogP contribution in [0.2, 0.25) is 0 Å². The molecular formula is C18H23NO3S. The lowest BCUT2D eigenvalue weighted by Gasteiger charge is -2.15. The summed E-state index contributed by atoms with van der Waals surface area (Å²) < 4.78 is 24.8. The predicted octanol–water partition coefficient (Wildman–Crippen LogP) is 2.96. The number of sulfone groups is 1. The van der Waals surface area contributed by atoms with Gasteiger partial charge in [0.1, 0.15) is 5.75 Å². The van der Waals surface area contributed by atoms with Crippen molar-refractivity contribution in [3.63, 3.8) is 0 Å². The molecule has 2 N–H and O–H groups in total. The van der Waals surface area contributed by atoms with Crippen molar-refractivity contribution in [3.05, 3.63) is 59.2 Å². The molecule has 2 aromatic carbocycles. The zero-order chi connectivity index (χ0) is 17.0. The number of nitrogens with one attached hydrogen (secondary N) is 1. The highest BCUT2D eigenvalue weighted by atomic mass is 32.2. The summed E-state index contributed by atoms with van der Waals surface area (Å²) in [6.45, 7) is 6.02. The predicted molar refractivity (Wildman–Crippen MR) is 92.4 cm³/mol. The number of hydrogen-bond acceptors (Lipinski definition) is 4. The van der Waals surface area contributed by atoms with Crippen molar-refractivity contribution >= 4 is 9.84 Å². The van der Waals surface area contributed by atoms with Crippen LogP contribution in [0.3, 0.4) is 0 Å². The van der Waals surface area contributed by atoms with Gasteiger partial charge in [0, 0.05) is 18.2 Å². The SMILES string of the molecule is Cc1ccc(S(=O)(=O)C[C@@H](C)NCc2cccc(C)c2O)cc1. The molecular weight excluding hydrogens is 310 g/mol. The number of hydrogen-bond donors (Lipinski definition) is 2. The van der Waals surface area contributed by atoms with Crippen LogP contribution in [0.5, 0.6) is 5.75 Å². The molecule has 0 radical (unpaired) electrons. The summed E-state index contributed by atoms with van der Waals surface area (Å²) in [5.74, 6) is 0.274. The van der Waals surface area contributed by atoms with Crippen molar-refractivity contribution < 1.29 is 13.5 Å². The first-order valence-electron chi connectivity index (χ1n) is 7.60. The Morgan fingerprint density at radius 3 is 2.39 bits per heavy atom. The van der Waals surface area contributed by atoms with Crippen molar-refractivity contribution in [1.82, 2.24) is 5.32 Å². The number of benzene rings is 2. The van der Waals surface area contributed by atoms with E-state index in [9.17, 15) is 13.5 Å². The molecule has 0 spiro atoms. The van der Waals surface area contributed by atoms with Crippen molar-refractivity contribution in [1.29, 1.82) is 0 Å². The lowest BCUT2D eigenvalue weighted by atomic mass is 10.1. The van der Waals surface area contributed by atoms with Gasteiger partial charge in [-0.3, -0.25) is 0 Å². The Kier molecular flexibility index (Phi) is 5.44. The van der Waals surface area contributed by atoms with E-state index in [0.29, 0.717) is 11.4 Å². The lowest BCUT2D eigenvalue weighted by Crippen LogP contribution is -2.32. The van der Waals surface area contributed by atoms with E-state index in [1.807, 2.05) is 39.0 Å². The van der Waals surface area contributed by atoms with E-state index in [1.54, 1.807) is 24.3 Å². The number of para-hydroxylation sites is 1. The van der Waals surface area contributed by atoms with Gasteiger partial charge in [0.25, 0.3) is 0 Å². The third-order valence-corrected chi connectivity index (χ3v) is 5.74. The van der Waals surface area contributed by atoms with Gasteiger partial charge in [0.15, 0.2) is 9.84 Å². The number of phenolic OH excluding ortho intramolecular Hbond substituents is 1. The molecule has 4 nitrogen and oxygen atoms in total. The number of aryl methyl sites for hydroxylation is 2. The molecule has 2 rings (SSSR count). The van der Waals surface area contributed by atoms with Crippen LogP contribution >= 0.6 is 0 Å². The van der Waals surface area contributed by atoms with Gasteiger partial charge in [-0.15, -0.1) is 0 Å². The molecule has 124 valence electrons. The molecule has 0 unspecified atom stereocenters. The minimum Gasteiger partial charge on any atom is -0.507 e. The number of phenols is 1. The standard InChI is InChI=1S/C18H23NO3S/c1-13-7-9-17(10-8-13)23(21,22)12-15(3)19-11-16-6-4-5-14(2)18(16)20/h4-10,15,19-20H,11-12H2,1-3H3/t15-/m1/s1. The second-order valence-corrected chi connectivity index (χ2v) is 7.99. The van der Waals surface area contributed by atoms with Gasteiger partial charge >= 0.3 is 0 Å². The van der Waals surface area contributed by atoms with Gasteiger partial charge in [-0.25, -0.2) is 8.42 Å². The maximum absolute atomic E-state index is 12.4. The molecule has 2 aromatic rings. The quantitative estimate of drug-likeness (QED) is 0.853. The van der Waals surface area contributed by atoms with Crippen LogP contribution in [0.15, 0.2) is 47.4 Å². The highest BCUT2D eigenvalue weighted by Crippen LogP contribution is 2.21. The van der Waals surface area contributed by atoms with E-state index in [0.717, 1.165) is 16.7 Å². The molecule has 0 amide bonds. The first-order valence-corrected chi connectivity index (χ1v) is 9.25. The fraction of sp³-hybridized carbons (Fsp3) is 0.333. The molecule has 0 fully saturated rings. The van der Waals surface area contributed by atoms with E-state index < -0.39 is 9.84 Å². The van der Waals surface area contributed by atoms with Gasteiger partial charge in [0.2, 0.25) is 0 Å². The van der Waals surface area contributed by atoms with Crippen LogP contribution in [0.4, 0.5) is 0 Å². The first-order chi connectivity index (χ1) is 10.8. The fourth-order valence-corrected chi connectivity index (χ4v) is 3.90. The highest BCUT2D eigenvalue weighted by molar-refractivity contribution is 7.91. The van der Waals surface area contributed by atoms with E-state index in [1.165, 1.54) is 0 Å². The van der Waals surface area contributed by atoms with Crippen LogP contribution in [-0.2, 0) is 16.4 Å². The molecule has 0 aliphatic rings. The average Bonchev–Trinajstić information content (AvgIpc) is 2.49. The van der Waals surface area contributed by atoms with Gasteiger partial charge in [-0.05, 0) is 38.5 Å². The van der Waals surface area contributed by atoms with E-state index in [-0.39, 0.29) is 17.5 Å². The summed E-state index contributed by atoms with van der Waals surface area (Å²) in [5.41, 5.74) is 2.61. The zero-order valence-electron chi connectivity index (χ0n) is 13.7. The minimum absolute atomic E-state index is 0.0165. The molecule has 0 heterocycles. The number of aromatic hydroxyl groups is 1. The van der Waals surface area contributed by atoms with Gasteiger partial charge in [-0.1, -0.05) is 35.9 Å². The van der Waals surface area contributed by atoms with Crippen LogP contribution in [0, 0.1) is 13.8 Å². The van der Waals surface area contributed by atoms with Gasteiger partial charge in [-0.2, -0.15) is 0 Å². The maximum atomic E-state index is 12.4. The summed E-state index contributed by atoms with van der Waals surface area (Å²) in [4.78, 5) is 0.343. The smallest absolute Gasteiger partial charge is 0.179 e. The Morgan fingerprint density at radius 2 is 1.74 bits per heavy atom. The summed E-state index contributed by atoms with van der Waals surface area (Å²) in [6.07, 6.45) is 0. The van der Waals surface area contributed by atoms with Crippen LogP contribution in [0.25, 0.3) is 0 Å². The van der Waals surface area contributed by atoms with E-state index in [2.05, 4.69) is 5.32 Å². The van der Waals surface area contributed by atoms with E-state index in [4.69, 9.17) is 0 Å². The molecule has 5 heteroatoms. The second-order valence-electron chi connectivity index (χ2n) is 5.96. The molecule has 23 heavy (non-hydrogen) atoms. The molecule has 0 aliphatic heterocycles.